The Morgan fingerprint density at radius 3 is 2.64 bits per heavy atom. The molecule has 2 aliphatic carbocycles. The third-order valence-electron chi connectivity index (χ3n) is 7.12. The third-order valence-corrected chi connectivity index (χ3v) is 7.12. The lowest BCUT2D eigenvalue weighted by atomic mass is 9.47. The zero-order valence-corrected chi connectivity index (χ0v) is 16.1. The van der Waals surface area contributed by atoms with Crippen LogP contribution in [0.4, 0.5) is 0 Å². The summed E-state index contributed by atoms with van der Waals surface area (Å²) < 4.78 is 17.5. The van der Waals surface area contributed by atoms with Crippen molar-refractivity contribution >= 4 is 5.91 Å². The van der Waals surface area contributed by atoms with Crippen molar-refractivity contribution < 1.29 is 19.0 Å². The quantitative estimate of drug-likeness (QED) is 0.781. The van der Waals surface area contributed by atoms with Crippen molar-refractivity contribution in [3.63, 3.8) is 0 Å². The van der Waals surface area contributed by atoms with Gasteiger partial charge in [-0.05, 0) is 46.0 Å². The monoisotopic (exact) mass is 351 g/mol. The number of ether oxygens (including phenoxy) is 3. The molecule has 0 radical (unpaired) electrons. The molecule has 1 spiro atoms. The van der Waals surface area contributed by atoms with Crippen molar-refractivity contribution in [1.82, 2.24) is 4.90 Å². The van der Waals surface area contributed by atoms with E-state index >= 15 is 0 Å². The number of fused-ring (bicyclic) bond motifs is 1. The summed E-state index contributed by atoms with van der Waals surface area (Å²) in [7, 11) is 1.75. The summed E-state index contributed by atoms with van der Waals surface area (Å²) in [5.41, 5.74) is 0.173. The number of rotatable bonds is 4. The molecular formula is C20H33NO4. The average molecular weight is 351 g/mol. The molecular weight excluding hydrogens is 318 g/mol. The Balaban J connectivity index is 1.39. The number of methoxy groups -OCH3 is 1. The lowest BCUT2D eigenvalue weighted by Crippen LogP contribution is -2.61. The molecule has 2 saturated heterocycles. The Kier molecular flexibility index (Phi) is 4.41. The van der Waals surface area contributed by atoms with Gasteiger partial charge in [-0.15, -0.1) is 0 Å². The van der Waals surface area contributed by atoms with Gasteiger partial charge >= 0.3 is 0 Å². The van der Waals surface area contributed by atoms with Crippen LogP contribution in [0.3, 0.4) is 0 Å². The van der Waals surface area contributed by atoms with E-state index in [1.54, 1.807) is 7.11 Å². The van der Waals surface area contributed by atoms with E-state index in [-0.39, 0.29) is 23.2 Å². The Morgan fingerprint density at radius 1 is 1.28 bits per heavy atom. The third kappa shape index (κ3) is 2.92. The maximum absolute atomic E-state index is 13.0. The molecule has 2 aliphatic heterocycles. The standard InChI is InChI=1S/C20H33NO4/c1-19(2,3)25-17-8-13(20(17)6-5-7-20)9-18(22)21-10-16(23-4)14-11-24-12-15(14)21/h13-17H,5-12H2,1-4H3/t13?,14-,15+,16-,17?/m1/s1. The first-order valence-corrected chi connectivity index (χ1v) is 9.92. The van der Waals surface area contributed by atoms with E-state index in [4.69, 9.17) is 14.2 Å². The number of likely N-dealkylation sites (tertiary alicyclic amines) is 1. The van der Waals surface area contributed by atoms with E-state index in [0.717, 1.165) is 19.6 Å². The largest absolute Gasteiger partial charge is 0.379 e. The number of carbonyl (C=O) groups excluding carboxylic acids is 1. The zero-order valence-electron chi connectivity index (χ0n) is 16.1. The van der Waals surface area contributed by atoms with Crippen molar-refractivity contribution in [2.75, 3.05) is 26.9 Å². The second kappa shape index (κ2) is 6.21. The summed E-state index contributed by atoms with van der Waals surface area (Å²) in [5, 5.41) is 0. The van der Waals surface area contributed by atoms with Crippen LogP contribution in [0.1, 0.15) is 52.9 Å². The fourth-order valence-corrected chi connectivity index (χ4v) is 5.59. The van der Waals surface area contributed by atoms with Crippen LogP contribution >= 0.6 is 0 Å². The Hall–Kier alpha value is -0.650. The van der Waals surface area contributed by atoms with E-state index in [1.165, 1.54) is 19.3 Å². The molecule has 4 rings (SSSR count). The molecule has 2 unspecified atom stereocenters. The highest BCUT2D eigenvalue weighted by Gasteiger charge is 2.60. The minimum absolute atomic E-state index is 0.0999. The molecule has 0 aromatic heterocycles. The van der Waals surface area contributed by atoms with Gasteiger partial charge in [-0.1, -0.05) is 6.42 Å². The van der Waals surface area contributed by atoms with Crippen LogP contribution in [0.5, 0.6) is 0 Å². The zero-order chi connectivity index (χ0) is 17.8. The van der Waals surface area contributed by atoms with Gasteiger partial charge in [-0.25, -0.2) is 0 Å². The fraction of sp³-hybridized carbons (Fsp3) is 0.950. The Labute approximate surface area is 151 Å². The first kappa shape index (κ1) is 17.7. The number of hydrogen-bond acceptors (Lipinski definition) is 4. The van der Waals surface area contributed by atoms with Crippen LogP contribution in [-0.4, -0.2) is 61.5 Å². The summed E-state index contributed by atoms with van der Waals surface area (Å²) in [6, 6.07) is 0.219. The predicted octanol–water partition coefficient (Wildman–Crippen LogP) is 2.62. The average Bonchev–Trinajstić information content (AvgIpc) is 3.04. The topological polar surface area (TPSA) is 48.0 Å². The van der Waals surface area contributed by atoms with Crippen LogP contribution < -0.4 is 0 Å². The molecule has 2 heterocycles. The van der Waals surface area contributed by atoms with Crippen LogP contribution in [-0.2, 0) is 19.0 Å². The molecule has 0 aromatic rings. The first-order valence-electron chi connectivity index (χ1n) is 9.92. The summed E-state index contributed by atoms with van der Waals surface area (Å²) in [5.74, 6) is 1.14. The molecule has 5 atom stereocenters. The minimum Gasteiger partial charge on any atom is -0.379 e. The summed E-state index contributed by atoms with van der Waals surface area (Å²) in [6.07, 6.45) is 5.91. The molecule has 25 heavy (non-hydrogen) atoms. The molecule has 0 aromatic carbocycles. The van der Waals surface area contributed by atoms with E-state index < -0.39 is 0 Å². The van der Waals surface area contributed by atoms with E-state index in [2.05, 4.69) is 25.7 Å². The van der Waals surface area contributed by atoms with E-state index in [0.29, 0.717) is 36.9 Å². The second-order valence-electron chi connectivity index (χ2n) is 9.53. The number of amides is 1. The molecule has 4 aliphatic rings. The minimum atomic E-state index is -0.0999. The summed E-state index contributed by atoms with van der Waals surface area (Å²) >= 11 is 0. The fourth-order valence-electron chi connectivity index (χ4n) is 5.59. The predicted molar refractivity (Wildman–Crippen MR) is 94.2 cm³/mol. The highest BCUT2D eigenvalue weighted by Crippen LogP contribution is 2.62. The lowest BCUT2D eigenvalue weighted by molar-refractivity contribution is -0.234. The van der Waals surface area contributed by atoms with Crippen molar-refractivity contribution in [1.29, 1.82) is 0 Å². The smallest absolute Gasteiger partial charge is 0.223 e. The highest BCUT2D eigenvalue weighted by atomic mass is 16.5. The summed E-state index contributed by atoms with van der Waals surface area (Å²) in [4.78, 5) is 15.1. The van der Waals surface area contributed by atoms with Crippen LogP contribution in [0.25, 0.3) is 0 Å². The number of nitrogens with zero attached hydrogens (tertiary/aromatic N) is 1. The van der Waals surface area contributed by atoms with Gasteiger partial charge in [0.1, 0.15) is 0 Å². The highest BCUT2D eigenvalue weighted by molar-refractivity contribution is 5.77. The van der Waals surface area contributed by atoms with Gasteiger partial charge < -0.3 is 19.1 Å². The molecule has 1 amide bonds. The molecule has 5 nitrogen and oxygen atoms in total. The van der Waals surface area contributed by atoms with Gasteiger partial charge in [0, 0.05) is 31.4 Å². The van der Waals surface area contributed by atoms with Gasteiger partial charge in [-0.2, -0.15) is 0 Å². The molecule has 0 bridgehead atoms. The maximum atomic E-state index is 13.0. The second-order valence-corrected chi connectivity index (χ2v) is 9.53. The SMILES string of the molecule is CO[C@@H]1CN(C(=O)CC2CC(OC(C)(C)C)C23CCC3)[C@H]2COC[C@@H]12. The van der Waals surface area contributed by atoms with Crippen molar-refractivity contribution in [2.24, 2.45) is 17.3 Å². The van der Waals surface area contributed by atoms with Gasteiger partial charge in [0.15, 0.2) is 0 Å². The Bertz CT molecular complexity index is 524. The molecule has 0 N–H and O–H groups in total. The van der Waals surface area contributed by atoms with E-state index in [9.17, 15) is 4.79 Å². The van der Waals surface area contributed by atoms with Gasteiger partial charge in [0.2, 0.25) is 5.91 Å². The van der Waals surface area contributed by atoms with Crippen LogP contribution in [0.15, 0.2) is 0 Å². The van der Waals surface area contributed by atoms with Crippen molar-refractivity contribution in [2.45, 2.75) is 76.7 Å². The number of carbonyl (C=O) groups is 1. The first-order chi connectivity index (χ1) is 11.8. The van der Waals surface area contributed by atoms with Crippen molar-refractivity contribution in [3.8, 4) is 0 Å². The van der Waals surface area contributed by atoms with Crippen LogP contribution in [0.2, 0.25) is 0 Å². The summed E-state index contributed by atoms with van der Waals surface area (Å²) in [6.45, 7) is 8.52. The number of hydrogen-bond donors (Lipinski definition) is 0. The van der Waals surface area contributed by atoms with Gasteiger partial charge in [-0.3, -0.25) is 4.79 Å². The molecule has 142 valence electrons. The van der Waals surface area contributed by atoms with E-state index in [1.807, 2.05) is 0 Å². The molecule has 2 saturated carbocycles. The lowest BCUT2D eigenvalue weighted by Gasteiger charge is -2.62. The van der Waals surface area contributed by atoms with Gasteiger partial charge in [0.05, 0.1) is 37.1 Å². The molecule has 5 heteroatoms. The van der Waals surface area contributed by atoms with Crippen molar-refractivity contribution in [3.05, 3.63) is 0 Å². The maximum Gasteiger partial charge on any atom is 0.223 e. The van der Waals surface area contributed by atoms with Crippen LogP contribution in [0, 0.1) is 17.3 Å². The normalized spacial score (nSPS) is 39.2. The Morgan fingerprint density at radius 2 is 2.04 bits per heavy atom. The molecule has 4 fully saturated rings. The van der Waals surface area contributed by atoms with Gasteiger partial charge in [0.25, 0.3) is 0 Å².